The van der Waals surface area contributed by atoms with Crippen molar-refractivity contribution in [3.63, 3.8) is 0 Å². The molecule has 1 aromatic carbocycles. The van der Waals surface area contributed by atoms with Gasteiger partial charge in [-0.05, 0) is 18.8 Å². The number of hydrogen-bond donors (Lipinski definition) is 1. The van der Waals surface area contributed by atoms with Gasteiger partial charge in [-0.3, -0.25) is 14.4 Å². The minimum Gasteiger partial charge on any atom is -0.352 e. The standard InChI is InChI=1S/C27H32N4O3S/c1-19(2)15-30-16-21(25(32)22(17-30)27(34)31-12-8-3-4-9-13-31)26(33)28-14-24-29-23(18-35-24)20-10-6-5-7-11-20/h5-7,10-11,16-19H,3-4,8-9,12-15H2,1-2H3,(H,28,33). The third-order valence-electron chi connectivity index (χ3n) is 6.04. The van der Waals surface area contributed by atoms with E-state index in [9.17, 15) is 14.4 Å². The second kappa shape index (κ2) is 11.4. The highest BCUT2D eigenvalue weighted by atomic mass is 32.1. The first-order valence-corrected chi connectivity index (χ1v) is 13.1. The molecule has 1 N–H and O–H groups in total. The van der Waals surface area contributed by atoms with Crippen LogP contribution in [0, 0.1) is 5.92 Å². The molecule has 1 aliphatic heterocycles. The number of nitrogens with zero attached hydrogens (tertiary/aromatic N) is 3. The van der Waals surface area contributed by atoms with Crippen LogP contribution in [0.3, 0.4) is 0 Å². The number of thiazole rings is 1. The van der Waals surface area contributed by atoms with Gasteiger partial charge in [0.15, 0.2) is 0 Å². The molecule has 0 atom stereocenters. The number of nitrogens with one attached hydrogen (secondary N) is 1. The van der Waals surface area contributed by atoms with E-state index in [0.717, 1.165) is 41.9 Å². The summed E-state index contributed by atoms with van der Waals surface area (Å²) >= 11 is 1.46. The second-order valence-corrected chi connectivity index (χ2v) is 10.3. The van der Waals surface area contributed by atoms with Gasteiger partial charge in [-0.15, -0.1) is 11.3 Å². The number of rotatable bonds is 7. The maximum atomic E-state index is 13.3. The van der Waals surface area contributed by atoms with Gasteiger partial charge in [-0.1, -0.05) is 57.0 Å². The van der Waals surface area contributed by atoms with Crippen LogP contribution in [0.1, 0.15) is 65.3 Å². The average molecular weight is 493 g/mol. The highest BCUT2D eigenvalue weighted by Gasteiger charge is 2.24. The zero-order valence-corrected chi connectivity index (χ0v) is 21.1. The van der Waals surface area contributed by atoms with Gasteiger partial charge in [0, 0.05) is 43.0 Å². The Morgan fingerprint density at radius 3 is 2.40 bits per heavy atom. The van der Waals surface area contributed by atoms with Gasteiger partial charge < -0.3 is 14.8 Å². The molecule has 0 radical (unpaired) electrons. The summed E-state index contributed by atoms with van der Waals surface area (Å²) in [7, 11) is 0. The number of aromatic nitrogens is 2. The molecule has 7 nitrogen and oxygen atoms in total. The van der Waals surface area contributed by atoms with Gasteiger partial charge in [-0.25, -0.2) is 4.98 Å². The Morgan fingerprint density at radius 1 is 1.03 bits per heavy atom. The Kier molecular flexibility index (Phi) is 8.13. The first kappa shape index (κ1) is 24.9. The highest BCUT2D eigenvalue weighted by molar-refractivity contribution is 7.09. The largest absolute Gasteiger partial charge is 0.352 e. The van der Waals surface area contributed by atoms with E-state index in [0.29, 0.717) is 25.6 Å². The van der Waals surface area contributed by atoms with Crippen molar-refractivity contribution in [3.05, 3.63) is 74.5 Å². The van der Waals surface area contributed by atoms with Crippen molar-refractivity contribution >= 4 is 23.2 Å². The van der Waals surface area contributed by atoms with Crippen molar-refractivity contribution in [1.29, 1.82) is 0 Å². The van der Waals surface area contributed by atoms with Crippen LogP contribution in [0.15, 0.2) is 52.9 Å². The van der Waals surface area contributed by atoms with Crippen molar-refractivity contribution < 1.29 is 9.59 Å². The van der Waals surface area contributed by atoms with Crippen LogP contribution < -0.4 is 10.7 Å². The van der Waals surface area contributed by atoms with Crippen LogP contribution in [0.2, 0.25) is 0 Å². The van der Waals surface area contributed by atoms with E-state index in [-0.39, 0.29) is 23.6 Å². The van der Waals surface area contributed by atoms with Crippen LogP contribution >= 0.6 is 11.3 Å². The lowest BCUT2D eigenvalue weighted by Gasteiger charge is -2.21. The number of likely N-dealkylation sites (tertiary alicyclic amines) is 1. The predicted octanol–water partition coefficient (Wildman–Crippen LogP) is 4.57. The minimum absolute atomic E-state index is 0.00818. The van der Waals surface area contributed by atoms with E-state index in [4.69, 9.17) is 0 Å². The molecular formula is C27H32N4O3S. The summed E-state index contributed by atoms with van der Waals surface area (Å²) in [6.45, 7) is 6.22. The topological polar surface area (TPSA) is 84.3 Å². The number of hydrogen-bond acceptors (Lipinski definition) is 5. The third kappa shape index (κ3) is 6.25. The molecule has 2 amide bonds. The Bertz CT molecular complexity index is 1220. The molecule has 0 aliphatic carbocycles. The van der Waals surface area contributed by atoms with Crippen LogP contribution in [0.5, 0.6) is 0 Å². The monoisotopic (exact) mass is 492 g/mol. The van der Waals surface area contributed by atoms with Gasteiger partial charge in [-0.2, -0.15) is 0 Å². The van der Waals surface area contributed by atoms with Gasteiger partial charge in [0.2, 0.25) is 5.43 Å². The van der Waals surface area contributed by atoms with Gasteiger partial charge in [0.25, 0.3) is 11.8 Å². The fourth-order valence-corrected chi connectivity index (χ4v) is 5.04. The van der Waals surface area contributed by atoms with E-state index in [2.05, 4.69) is 24.1 Å². The highest BCUT2D eigenvalue weighted by Crippen LogP contribution is 2.21. The van der Waals surface area contributed by atoms with Crippen molar-refractivity contribution in [3.8, 4) is 11.3 Å². The molecule has 0 unspecified atom stereocenters. The molecule has 3 aromatic rings. The van der Waals surface area contributed by atoms with Crippen LogP contribution in [0.4, 0.5) is 0 Å². The van der Waals surface area contributed by atoms with E-state index >= 15 is 0 Å². The van der Waals surface area contributed by atoms with Crippen LogP contribution in [-0.4, -0.2) is 39.4 Å². The van der Waals surface area contributed by atoms with Crippen LogP contribution in [0.25, 0.3) is 11.3 Å². The van der Waals surface area contributed by atoms with Crippen molar-refractivity contribution in [2.75, 3.05) is 13.1 Å². The minimum atomic E-state index is -0.513. The number of benzene rings is 1. The van der Waals surface area contributed by atoms with Crippen LogP contribution in [-0.2, 0) is 13.1 Å². The SMILES string of the molecule is CC(C)Cn1cc(C(=O)NCc2nc(-c3ccccc3)cs2)c(=O)c(C(=O)N2CCCCCC2)c1. The molecule has 3 heterocycles. The molecule has 0 bridgehead atoms. The van der Waals surface area contributed by atoms with E-state index in [1.807, 2.05) is 35.7 Å². The molecule has 184 valence electrons. The quantitative estimate of drug-likeness (QED) is 0.524. The molecule has 1 saturated heterocycles. The maximum Gasteiger partial charge on any atom is 0.259 e. The molecule has 1 aliphatic rings. The van der Waals surface area contributed by atoms with E-state index < -0.39 is 11.3 Å². The number of carbonyl (C=O) groups is 2. The fraction of sp³-hybridized carbons (Fsp3) is 0.407. The van der Waals surface area contributed by atoms with E-state index in [1.54, 1.807) is 21.9 Å². The van der Waals surface area contributed by atoms with Crippen molar-refractivity contribution in [2.24, 2.45) is 5.92 Å². The normalized spacial score (nSPS) is 14.1. The lowest BCUT2D eigenvalue weighted by atomic mass is 10.1. The Morgan fingerprint density at radius 2 is 1.71 bits per heavy atom. The first-order chi connectivity index (χ1) is 16.9. The number of carbonyl (C=O) groups excluding carboxylic acids is 2. The molecular weight excluding hydrogens is 460 g/mol. The molecule has 4 rings (SSSR count). The lowest BCUT2D eigenvalue weighted by Crippen LogP contribution is -2.38. The Balaban J connectivity index is 1.55. The molecule has 8 heteroatoms. The smallest absolute Gasteiger partial charge is 0.259 e. The first-order valence-electron chi connectivity index (χ1n) is 12.2. The summed E-state index contributed by atoms with van der Waals surface area (Å²) < 4.78 is 1.79. The molecule has 0 saturated carbocycles. The van der Waals surface area contributed by atoms with Gasteiger partial charge in [0.1, 0.15) is 16.1 Å². The molecule has 2 aromatic heterocycles. The summed E-state index contributed by atoms with van der Waals surface area (Å²) in [4.78, 5) is 46.0. The Labute approximate surface area is 209 Å². The summed E-state index contributed by atoms with van der Waals surface area (Å²) in [6, 6.07) is 9.84. The Hall–Kier alpha value is -3.26. The summed E-state index contributed by atoms with van der Waals surface area (Å²) in [5.74, 6) is -0.479. The lowest BCUT2D eigenvalue weighted by molar-refractivity contribution is 0.0759. The maximum absolute atomic E-state index is 13.3. The summed E-state index contributed by atoms with van der Waals surface area (Å²) in [6.07, 6.45) is 7.22. The van der Waals surface area contributed by atoms with Crippen molar-refractivity contribution in [2.45, 2.75) is 52.6 Å². The number of pyridine rings is 1. The number of amides is 2. The molecule has 35 heavy (non-hydrogen) atoms. The van der Waals surface area contributed by atoms with Gasteiger partial charge >= 0.3 is 0 Å². The summed E-state index contributed by atoms with van der Waals surface area (Å²) in [5.41, 5.74) is 1.41. The zero-order chi connectivity index (χ0) is 24.8. The summed E-state index contributed by atoms with van der Waals surface area (Å²) in [5, 5.41) is 5.53. The zero-order valence-electron chi connectivity index (χ0n) is 20.3. The second-order valence-electron chi connectivity index (χ2n) is 9.39. The molecule has 1 fully saturated rings. The van der Waals surface area contributed by atoms with Gasteiger partial charge in [0.05, 0.1) is 12.2 Å². The molecule has 0 spiro atoms. The van der Waals surface area contributed by atoms with E-state index in [1.165, 1.54) is 11.3 Å². The third-order valence-corrected chi connectivity index (χ3v) is 6.89. The van der Waals surface area contributed by atoms with Crippen molar-refractivity contribution in [1.82, 2.24) is 19.8 Å². The average Bonchev–Trinajstić information content (AvgIpc) is 3.16. The fourth-order valence-electron chi connectivity index (χ4n) is 4.30. The predicted molar refractivity (Wildman–Crippen MR) is 139 cm³/mol.